The smallest absolute Gasteiger partial charge is 0.123 e. The number of nitrogens with zero attached hydrogens (tertiary/aromatic N) is 2. The lowest BCUT2D eigenvalue weighted by molar-refractivity contribution is 0.590. The van der Waals surface area contributed by atoms with E-state index in [1.165, 1.54) is 124 Å². The van der Waals surface area contributed by atoms with Crippen molar-refractivity contribution in [3.63, 3.8) is 0 Å². The molecule has 466 valence electrons. The molecule has 1 atom stereocenters. The van der Waals surface area contributed by atoms with Crippen LogP contribution < -0.4 is 9.80 Å². The third-order valence-electron chi connectivity index (χ3n) is 20.4. The molecule has 1 spiro atoms. The Morgan fingerprint density at radius 3 is 1.10 bits per heavy atom. The minimum Gasteiger partial charge on any atom is -0.310 e. The van der Waals surface area contributed by atoms with Crippen molar-refractivity contribution in [1.82, 2.24) is 0 Å². The van der Waals surface area contributed by atoms with E-state index in [1.54, 1.807) is 12.1 Å². The molecule has 0 saturated heterocycles. The molecule has 5 heteroatoms. The highest BCUT2D eigenvalue weighted by molar-refractivity contribution is 7.27. The van der Waals surface area contributed by atoms with Gasteiger partial charge in [0.2, 0.25) is 0 Å². The fraction of sp³-hybridized carbons (Fsp3) is 0.143. The zero-order valence-electron chi connectivity index (χ0n) is 55.9. The van der Waals surface area contributed by atoms with Crippen molar-refractivity contribution in [2.45, 2.75) is 85.5 Å². The highest BCUT2D eigenvalue weighted by atomic mass is 32.1. The number of fused-ring (bicyclic) bond motifs is 18. The lowest BCUT2D eigenvalue weighted by atomic mass is 9.70. The maximum absolute atomic E-state index is 16.5. The van der Waals surface area contributed by atoms with E-state index in [4.69, 9.17) is 0 Å². The van der Waals surface area contributed by atoms with E-state index in [0.717, 1.165) is 61.9 Å². The van der Waals surface area contributed by atoms with E-state index in [1.807, 2.05) is 22.7 Å². The monoisotopic (exact) mass is 1280 g/mol. The molecule has 0 radical (unpaired) electrons. The number of rotatable bonds is 9. The standard InChI is InChI=1S/C91H73FN2S2/c1-54-45-55(2)48-62(47-54)60-27-38-68(39-28-60)93(67-36-25-59(26-37-67)58-23-31-64(32-24-58)89(5,6)7)79-52-77-85(87-83(79)72-18-12-15-21-81(72)95-87)86-78(91(77)75-20-14-11-17-71(75)74-51-66(92)35-44-76(74)91)53-80(84-73-19-13-16-22-82(73)96-88(84)86)94(70-42-33-65(34-43-70)90(8,9)10)69-40-29-61(30-41-69)63-49-56(3)46-57(4)50-63/h11-53H,1-10H3. The second-order valence-electron chi connectivity index (χ2n) is 28.9. The van der Waals surface area contributed by atoms with Gasteiger partial charge in [0.25, 0.3) is 0 Å². The fourth-order valence-electron chi connectivity index (χ4n) is 16.0. The first-order chi connectivity index (χ1) is 46.4. The van der Waals surface area contributed by atoms with Gasteiger partial charge >= 0.3 is 0 Å². The maximum atomic E-state index is 16.5. The summed E-state index contributed by atoms with van der Waals surface area (Å²) in [7, 11) is 0. The van der Waals surface area contributed by atoms with E-state index in [2.05, 4.69) is 328 Å². The van der Waals surface area contributed by atoms with E-state index < -0.39 is 5.41 Å². The van der Waals surface area contributed by atoms with E-state index in [9.17, 15) is 0 Å². The Kier molecular flexibility index (Phi) is 13.8. The molecular formula is C91H73FN2S2. The summed E-state index contributed by atoms with van der Waals surface area (Å²) in [5.41, 5.74) is 29.1. The summed E-state index contributed by atoms with van der Waals surface area (Å²) in [5.74, 6) is -0.251. The van der Waals surface area contributed by atoms with Crippen LogP contribution in [0.3, 0.4) is 0 Å². The van der Waals surface area contributed by atoms with Gasteiger partial charge in [-0.15, -0.1) is 22.7 Å². The maximum Gasteiger partial charge on any atom is 0.123 e. The SMILES string of the molecule is Cc1cc(C)cc(-c2ccc(N(c3ccc(-c4ccc(C(C)(C)C)cc4)cc3)c3cc4c(c5sc6ccccc6c35)-c3c(cc(N(c5ccc(-c6cc(C)cc(C)c6)cc5)c5ccc(C(C)(C)C)cc5)c5c3sc3ccccc35)C43c4ccccc4-c4cc(F)ccc43)cc2)c1. The molecule has 96 heavy (non-hydrogen) atoms. The normalized spacial score (nSPS) is 14.0. The van der Waals surface area contributed by atoms with Gasteiger partial charge in [0.15, 0.2) is 0 Å². The molecule has 0 fully saturated rings. The minimum absolute atomic E-state index is 0.0442. The van der Waals surface area contributed by atoms with Gasteiger partial charge in [0, 0.05) is 74.2 Å². The molecule has 0 amide bonds. The van der Waals surface area contributed by atoms with Crippen LogP contribution in [-0.4, -0.2) is 0 Å². The van der Waals surface area contributed by atoms with Crippen molar-refractivity contribution in [2.24, 2.45) is 0 Å². The molecule has 2 heterocycles. The Morgan fingerprint density at radius 2 is 0.677 bits per heavy atom. The van der Waals surface area contributed by atoms with Gasteiger partial charge in [-0.1, -0.05) is 240 Å². The predicted octanol–water partition coefficient (Wildman–Crippen LogP) is 26.7. The number of halogens is 1. The molecule has 2 aliphatic carbocycles. The third kappa shape index (κ3) is 9.52. The van der Waals surface area contributed by atoms with Crippen molar-refractivity contribution < 1.29 is 4.39 Å². The molecule has 0 saturated carbocycles. The number of hydrogen-bond acceptors (Lipinski definition) is 4. The number of benzene rings is 13. The summed E-state index contributed by atoms with van der Waals surface area (Å²) in [6, 6.07) is 97.4. The van der Waals surface area contributed by atoms with Crippen LogP contribution in [0.15, 0.2) is 261 Å². The quantitative estimate of drug-likeness (QED) is 0.142. The zero-order chi connectivity index (χ0) is 65.7. The van der Waals surface area contributed by atoms with E-state index in [0.29, 0.717) is 0 Å². The Morgan fingerprint density at radius 1 is 0.323 bits per heavy atom. The highest BCUT2D eigenvalue weighted by Crippen LogP contribution is 2.69. The van der Waals surface area contributed by atoms with Crippen molar-refractivity contribution in [3.05, 3.63) is 322 Å². The highest BCUT2D eigenvalue weighted by Gasteiger charge is 2.54. The largest absolute Gasteiger partial charge is 0.310 e. The van der Waals surface area contributed by atoms with Crippen LogP contribution in [0.4, 0.5) is 38.5 Å². The first-order valence-corrected chi connectivity index (χ1v) is 35.2. The van der Waals surface area contributed by atoms with Gasteiger partial charge in [0.05, 0.1) is 16.8 Å². The Balaban J connectivity index is 0.985. The number of anilines is 6. The summed E-state index contributed by atoms with van der Waals surface area (Å²) in [6.07, 6.45) is 0. The van der Waals surface area contributed by atoms with E-state index >= 15 is 4.39 Å². The van der Waals surface area contributed by atoms with Crippen molar-refractivity contribution in [2.75, 3.05) is 9.80 Å². The van der Waals surface area contributed by atoms with Gasteiger partial charge < -0.3 is 9.80 Å². The van der Waals surface area contributed by atoms with E-state index in [-0.39, 0.29) is 16.6 Å². The Labute approximate surface area is 570 Å². The van der Waals surface area contributed by atoms with Crippen LogP contribution >= 0.6 is 22.7 Å². The zero-order valence-corrected chi connectivity index (χ0v) is 57.5. The van der Waals surface area contributed by atoms with Gasteiger partial charge in [0.1, 0.15) is 5.82 Å². The minimum atomic E-state index is -0.918. The van der Waals surface area contributed by atoms with Gasteiger partial charge in [-0.3, -0.25) is 0 Å². The Hall–Kier alpha value is -10.2. The molecule has 2 aromatic heterocycles. The molecule has 15 aromatic rings. The lowest BCUT2D eigenvalue weighted by Gasteiger charge is -2.34. The fourth-order valence-corrected chi connectivity index (χ4v) is 18.6. The van der Waals surface area contributed by atoms with Crippen molar-refractivity contribution >= 4 is 97.1 Å². The summed E-state index contributed by atoms with van der Waals surface area (Å²) in [5, 5.41) is 4.82. The molecule has 2 nitrogen and oxygen atoms in total. The van der Waals surface area contributed by atoms with Crippen molar-refractivity contribution in [1.29, 1.82) is 0 Å². The van der Waals surface area contributed by atoms with Crippen molar-refractivity contribution in [3.8, 4) is 55.6 Å². The topological polar surface area (TPSA) is 6.48 Å². The summed E-state index contributed by atoms with van der Waals surface area (Å²) < 4.78 is 21.4. The molecular weight excluding hydrogens is 1200 g/mol. The molecule has 1 unspecified atom stereocenters. The van der Waals surface area contributed by atoms with Crippen LogP contribution in [0.2, 0.25) is 0 Å². The predicted molar refractivity (Wildman–Crippen MR) is 410 cm³/mol. The summed E-state index contributed by atoms with van der Waals surface area (Å²) >= 11 is 3.79. The molecule has 0 aliphatic heterocycles. The van der Waals surface area contributed by atoms with Crippen LogP contribution in [0, 0.1) is 33.5 Å². The molecule has 17 rings (SSSR count). The molecule has 13 aromatic carbocycles. The van der Waals surface area contributed by atoms with Crippen LogP contribution in [-0.2, 0) is 16.2 Å². The first kappa shape index (κ1) is 59.6. The number of hydrogen-bond donors (Lipinski definition) is 0. The van der Waals surface area contributed by atoms with Gasteiger partial charge in [-0.2, -0.15) is 0 Å². The van der Waals surface area contributed by atoms with Gasteiger partial charge in [-0.05, 0) is 201 Å². The first-order valence-electron chi connectivity index (χ1n) is 33.5. The molecule has 0 bridgehead atoms. The number of aryl methyl sites for hydroxylation is 4. The summed E-state index contributed by atoms with van der Waals surface area (Å²) in [4.78, 5) is 5.04. The molecule has 2 aliphatic rings. The van der Waals surface area contributed by atoms with Crippen LogP contribution in [0.25, 0.3) is 96.0 Å². The lowest BCUT2D eigenvalue weighted by Crippen LogP contribution is -2.26. The second kappa shape index (κ2) is 22.2. The average molecular weight is 1280 g/mol. The van der Waals surface area contributed by atoms with Crippen LogP contribution in [0.5, 0.6) is 0 Å². The Bertz CT molecular complexity index is 5600. The number of thiophene rings is 2. The summed E-state index contributed by atoms with van der Waals surface area (Å²) in [6.45, 7) is 22.4. The average Bonchev–Trinajstić information content (AvgIpc) is 1.49. The molecule has 0 N–H and O–H groups in total. The second-order valence-corrected chi connectivity index (χ2v) is 31.0. The van der Waals surface area contributed by atoms with Crippen LogP contribution in [0.1, 0.15) is 97.2 Å². The van der Waals surface area contributed by atoms with Gasteiger partial charge in [-0.25, -0.2) is 4.39 Å². The third-order valence-corrected chi connectivity index (χ3v) is 22.7.